The molecule has 1 nitrogen and oxygen atoms in total. The van der Waals surface area contributed by atoms with Crippen molar-refractivity contribution in [2.75, 3.05) is 5.33 Å². The maximum absolute atomic E-state index is 13.1. The Morgan fingerprint density at radius 3 is 2.38 bits per heavy atom. The van der Waals surface area contributed by atoms with Crippen LogP contribution in [0.15, 0.2) is 18.2 Å². The molecule has 16 heavy (non-hydrogen) atoms. The molecule has 88 valence electrons. The van der Waals surface area contributed by atoms with Crippen LogP contribution in [-0.4, -0.2) is 11.1 Å². The van der Waals surface area contributed by atoms with Gasteiger partial charge < -0.3 is 0 Å². The molecule has 0 fully saturated rings. The van der Waals surface area contributed by atoms with E-state index in [9.17, 15) is 22.4 Å². The molecule has 0 saturated heterocycles. The average molecular weight is 299 g/mol. The van der Waals surface area contributed by atoms with Crippen molar-refractivity contribution in [3.63, 3.8) is 0 Å². The standard InChI is InChI=1S/C10H7BrF4O/c11-5-7(16)3-6-1-2-8(9(12)4-6)10(13,14)15/h1-2,4H,3,5H2. The van der Waals surface area contributed by atoms with Crippen LogP contribution in [0.25, 0.3) is 0 Å². The number of carbonyl (C=O) groups excluding carboxylic acids is 1. The van der Waals surface area contributed by atoms with Gasteiger partial charge in [0.05, 0.1) is 10.9 Å². The first-order chi connectivity index (χ1) is 7.34. The van der Waals surface area contributed by atoms with E-state index in [0.29, 0.717) is 6.07 Å². The number of hydrogen-bond donors (Lipinski definition) is 0. The molecule has 0 aromatic heterocycles. The Hall–Kier alpha value is -0.910. The predicted octanol–water partition coefficient (Wildman–Crippen LogP) is 3.35. The van der Waals surface area contributed by atoms with E-state index in [-0.39, 0.29) is 23.1 Å². The summed E-state index contributed by atoms with van der Waals surface area (Å²) in [6, 6.07) is 2.49. The molecule has 0 aliphatic carbocycles. The Morgan fingerprint density at radius 1 is 1.31 bits per heavy atom. The van der Waals surface area contributed by atoms with E-state index in [2.05, 4.69) is 15.9 Å². The summed E-state index contributed by atoms with van der Waals surface area (Å²) < 4.78 is 49.6. The summed E-state index contributed by atoms with van der Waals surface area (Å²) in [7, 11) is 0. The normalized spacial score (nSPS) is 11.6. The van der Waals surface area contributed by atoms with Crippen LogP contribution in [0.4, 0.5) is 17.6 Å². The zero-order valence-corrected chi connectivity index (χ0v) is 9.53. The van der Waals surface area contributed by atoms with Crippen molar-refractivity contribution < 1.29 is 22.4 Å². The molecular formula is C10H7BrF4O. The number of halogens is 5. The summed E-state index contributed by atoms with van der Waals surface area (Å²) in [5.41, 5.74) is -1.09. The Labute approximate surface area is 97.6 Å². The van der Waals surface area contributed by atoms with Gasteiger partial charge in [-0.3, -0.25) is 4.79 Å². The lowest BCUT2D eigenvalue weighted by atomic mass is 10.1. The number of hydrogen-bond acceptors (Lipinski definition) is 1. The molecule has 0 radical (unpaired) electrons. The summed E-state index contributed by atoms with van der Waals surface area (Å²) in [4.78, 5) is 11.0. The van der Waals surface area contributed by atoms with Gasteiger partial charge in [0.2, 0.25) is 0 Å². The number of alkyl halides is 4. The van der Waals surface area contributed by atoms with Crippen LogP contribution < -0.4 is 0 Å². The van der Waals surface area contributed by atoms with E-state index in [1.165, 1.54) is 0 Å². The summed E-state index contributed by atoms with van der Waals surface area (Å²) in [5, 5.41) is 0.0929. The first-order valence-electron chi connectivity index (χ1n) is 4.28. The van der Waals surface area contributed by atoms with E-state index >= 15 is 0 Å². The molecule has 0 aliphatic heterocycles. The van der Waals surface area contributed by atoms with Gasteiger partial charge in [0.1, 0.15) is 11.6 Å². The van der Waals surface area contributed by atoms with Gasteiger partial charge in [-0.25, -0.2) is 4.39 Å². The van der Waals surface area contributed by atoms with Crippen LogP contribution in [0.1, 0.15) is 11.1 Å². The van der Waals surface area contributed by atoms with Crippen LogP contribution in [0.3, 0.4) is 0 Å². The van der Waals surface area contributed by atoms with Crippen LogP contribution in [-0.2, 0) is 17.4 Å². The first-order valence-corrected chi connectivity index (χ1v) is 5.40. The monoisotopic (exact) mass is 298 g/mol. The van der Waals surface area contributed by atoms with Gasteiger partial charge in [0.15, 0.2) is 0 Å². The van der Waals surface area contributed by atoms with Crippen molar-refractivity contribution in [3.8, 4) is 0 Å². The molecule has 0 atom stereocenters. The second kappa shape index (κ2) is 4.95. The molecule has 6 heteroatoms. The number of carbonyl (C=O) groups is 1. The largest absolute Gasteiger partial charge is 0.419 e. The fourth-order valence-electron chi connectivity index (χ4n) is 1.17. The van der Waals surface area contributed by atoms with E-state index in [0.717, 1.165) is 12.1 Å². The number of rotatable bonds is 3. The van der Waals surface area contributed by atoms with Gasteiger partial charge in [0, 0.05) is 6.42 Å². The summed E-state index contributed by atoms with van der Waals surface area (Å²) >= 11 is 2.91. The quantitative estimate of drug-likeness (QED) is 0.618. The van der Waals surface area contributed by atoms with Gasteiger partial charge in [0.25, 0.3) is 0 Å². The van der Waals surface area contributed by atoms with Gasteiger partial charge >= 0.3 is 6.18 Å². The molecule has 0 amide bonds. The third-order valence-electron chi connectivity index (χ3n) is 1.89. The van der Waals surface area contributed by atoms with E-state index in [1.807, 2.05) is 0 Å². The maximum atomic E-state index is 13.1. The van der Waals surface area contributed by atoms with Crippen LogP contribution >= 0.6 is 15.9 Å². The lowest BCUT2D eigenvalue weighted by molar-refractivity contribution is -0.140. The van der Waals surface area contributed by atoms with Crippen molar-refractivity contribution in [3.05, 3.63) is 35.1 Å². The molecule has 1 aromatic carbocycles. The first kappa shape index (κ1) is 13.2. The molecule has 1 aromatic rings. The van der Waals surface area contributed by atoms with E-state index < -0.39 is 17.6 Å². The molecule has 0 unspecified atom stereocenters. The van der Waals surface area contributed by atoms with Crippen LogP contribution in [0, 0.1) is 5.82 Å². The molecule has 0 spiro atoms. The minimum atomic E-state index is -4.71. The predicted molar refractivity (Wildman–Crippen MR) is 53.9 cm³/mol. The Balaban J connectivity index is 2.96. The summed E-state index contributed by atoms with van der Waals surface area (Å²) in [6.07, 6.45) is -4.79. The lowest BCUT2D eigenvalue weighted by Crippen LogP contribution is -2.10. The number of ketones is 1. The van der Waals surface area contributed by atoms with Crippen LogP contribution in [0.2, 0.25) is 0 Å². The average Bonchev–Trinajstić information content (AvgIpc) is 2.15. The third kappa shape index (κ3) is 3.30. The van der Waals surface area contributed by atoms with Crippen molar-refractivity contribution in [2.24, 2.45) is 0 Å². The molecule has 1 rings (SSSR count). The molecular weight excluding hydrogens is 292 g/mol. The van der Waals surface area contributed by atoms with Gasteiger partial charge in [-0.15, -0.1) is 0 Å². The van der Waals surface area contributed by atoms with Crippen molar-refractivity contribution in [2.45, 2.75) is 12.6 Å². The second-order valence-electron chi connectivity index (χ2n) is 3.16. The molecule has 0 bridgehead atoms. The minimum absolute atomic E-state index is 0.0830. The van der Waals surface area contributed by atoms with Crippen LogP contribution in [0.5, 0.6) is 0 Å². The smallest absolute Gasteiger partial charge is 0.298 e. The summed E-state index contributed by atoms with van der Waals surface area (Å²) in [5.74, 6) is -1.58. The fourth-order valence-corrected chi connectivity index (χ4v) is 1.37. The topological polar surface area (TPSA) is 17.1 Å². The highest BCUT2D eigenvalue weighted by Crippen LogP contribution is 2.31. The minimum Gasteiger partial charge on any atom is -0.298 e. The Morgan fingerprint density at radius 2 is 1.94 bits per heavy atom. The number of Topliss-reactive ketones (excluding diaryl/α,β-unsaturated/α-hetero) is 1. The molecule has 0 heterocycles. The van der Waals surface area contributed by atoms with E-state index in [1.54, 1.807) is 0 Å². The molecule has 0 aliphatic rings. The number of benzene rings is 1. The van der Waals surface area contributed by atoms with Gasteiger partial charge in [-0.2, -0.15) is 13.2 Å². The Kier molecular flexibility index (Phi) is 4.07. The molecule has 0 N–H and O–H groups in total. The van der Waals surface area contributed by atoms with E-state index in [4.69, 9.17) is 0 Å². The zero-order valence-electron chi connectivity index (χ0n) is 7.94. The zero-order chi connectivity index (χ0) is 12.3. The third-order valence-corrected chi connectivity index (χ3v) is 2.51. The van der Waals surface area contributed by atoms with Gasteiger partial charge in [-0.05, 0) is 17.7 Å². The fraction of sp³-hybridized carbons (Fsp3) is 0.300. The second-order valence-corrected chi connectivity index (χ2v) is 3.72. The summed E-state index contributed by atoms with van der Waals surface area (Å²) in [6.45, 7) is 0. The highest BCUT2D eigenvalue weighted by Gasteiger charge is 2.33. The highest BCUT2D eigenvalue weighted by molar-refractivity contribution is 9.09. The van der Waals surface area contributed by atoms with Crippen molar-refractivity contribution in [1.29, 1.82) is 0 Å². The van der Waals surface area contributed by atoms with Crippen molar-refractivity contribution >= 4 is 21.7 Å². The SMILES string of the molecule is O=C(CBr)Cc1ccc(C(F)(F)F)c(F)c1. The van der Waals surface area contributed by atoms with Crippen molar-refractivity contribution in [1.82, 2.24) is 0 Å². The van der Waals surface area contributed by atoms with Gasteiger partial charge in [-0.1, -0.05) is 22.0 Å². The highest BCUT2D eigenvalue weighted by atomic mass is 79.9. The lowest BCUT2D eigenvalue weighted by Gasteiger charge is -2.08. The Bertz CT molecular complexity index is 400. The maximum Gasteiger partial charge on any atom is 0.419 e. The molecule has 0 saturated carbocycles.